The molecule has 0 radical (unpaired) electrons. The molecule has 0 aromatic rings. The van der Waals surface area contributed by atoms with Crippen molar-refractivity contribution in [1.82, 2.24) is 4.90 Å². The van der Waals surface area contributed by atoms with Crippen LogP contribution >= 0.6 is 0 Å². The molecule has 0 aliphatic carbocycles. The fraction of sp³-hybridized carbons (Fsp3) is 1.00. The van der Waals surface area contributed by atoms with Gasteiger partial charge in [0.25, 0.3) is 0 Å². The second-order valence-corrected chi connectivity index (χ2v) is 5.07. The van der Waals surface area contributed by atoms with Crippen molar-refractivity contribution in [3.8, 4) is 0 Å². The van der Waals surface area contributed by atoms with Crippen LogP contribution in [0.2, 0.25) is 0 Å². The predicted molar refractivity (Wildman–Crippen MR) is 68.5 cm³/mol. The lowest BCUT2D eigenvalue weighted by molar-refractivity contribution is -0.00102. The number of piperidine rings is 1. The largest absolute Gasteiger partial charge is 0.377 e. The molecule has 0 spiro atoms. The van der Waals surface area contributed by atoms with Gasteiger partial charge in [0, 0.05) is 13.2 Å². The third kappa shape index (κ3) is 5.28. The van der Waals surface area contributed by atoms with Crippen molar-refractivity contribution in [3.63, 3.8) is 0 Å². The molecule has 1 aliphatic rings. The first-order valence-corrected chi connectivity index (χ1v) is 6.80. The second kappa shape index (κ2) is 8.04. The quantitative estimate of drug-likeness (QED) is 0.723. The van der Waals surface area contributed by atoms with Gasteiger partial charge < -0.3 is 15.4 Å². The van der Waals surface area contributed by atoms with Gasteiger partial charge in [-0.1, -0.05) is 13.8 Å². The summed E-state index contributed by atoms with van der Waals surface area (Å²) in [5.41, 5.74) is 5.64. The van der Waals surface area contributed by atoms with Gasteiger partial charge in [-0.2, -0.15) is 0 Å². The normalized spacial score (nSPS) is 24.6. The summed E-state index contributed by atoms with van der Waals surface area (Å²) in [5.74, 6) is 0.650. The Bertz CT molecular complexity index is 175. The molecular formula is C13H28N2O. The predicted octanol–water partition coefficient (Wildman–Crippen LogP) is 1.86. The maximum atomic E-state index is 5.83. The Morgan fingerprint density at radius 2 is 2.31 bits per heavy atom. The first-order valence-electron chi connectivity index (χ1n) is 6.80. The Balaban J connectivity index is 2.17. The monoisotopic (exact) mass is 228 g/mol. The van der Waals surface area contributed by atoms with Gasteiger partial charge in [0.15, 0.2) is 0 Å². The minimum atomic E-state index is 0.474. The molecule has 16 heavy (non-hydrogen) atoms. The number of nitrogens with zero attached hydrogens (tertiary/aromatic N) is 1. The van der Waals surface area contributed by atoms with Gasteiger partial charge in [-0.05, 0) is 51.2 Å². The number of likely N-dealkylation sites (tertiary alicyclic amines) is 1. The van der Waals surface area contributed by atoms with Gasteiger partial charge in [0.1, 0.15) is 0 Å². The zero-order chi connectivity index (χ0) is 11.8. The summed E-state index contributed by atoms with van der Waals surface area (Å²) in [6, 6.07) is 0. The van der Waals surface area contributed by atoms with E-state index >= 15 is 0 Å². The number of rotatable bonds is 7. The van der Waals surface area contributed by atoms with E-state index in [2.05, 4.69) is 18.7 Å². The zero-order valence-electron chi connectivity index (χ0n) is 11.0. The van der Waals surface area contributed by atoms with Crippen LogP contribution in [0.4, 0.5) is 0 Å². The van der Waals surface area contributed by atoms with Gasteiger partial charge in [0.2, 0.25) is 0 Å². The van der Waals surface area contributed by atoms with E-state index in [1.807, 2.05) is 0 Å². The number of ether oxygens (including phenoxy) is 1. The van der Waals surface area contributed by atoms with Crippen LogP contribution in [0.15, 0.2) is 0 Å². The molecule has 0 aromatic carbocycles. The molecule has 1 rings (SSSR count). The van der Waals surface area contributed by atoms with E-state index in [1.54, 1.807) is 0 Å². The highest BCUT2D eigenvalue weighted by Crippen LogP contribution is 2.14. The lowest BCUT2D eigenvalue weighted by Crippen LogP contribution is -2.40. The highest BCUT2D eigenvalue weighted by molar-refractivity contribution is 4.73. The first-order chi connectivity index (χ1) is 7.76. The van der Waals surface area contributed by atoms with E-state index in [0.29, 0.717) is 12.0 Å². The van der Waals surface area contributed by atoms with Crippen molar-refractivity contribution in [2.45, 2.75) is 45.6 Å². The highest BCUT2D eigenvalue weighted by Gasteiger charge is 2.19. The summed E-state index contributed by atoms with van der Waals surface area (Å²) in [6.45, 7) is 9.67. The summed E-state index contributed by atoms with van der Waals surface area (Å²) in [5, 5.41) is 0. The smallest absolute Gasteiger partial charge is 0.0702 e. The Morgan fingerprint density at radius 1 is 1.50 bits per heavy atom. The van der Waals surface area contributed by atoms with Crippen molar-refractivity contribution < 1.29 is 4.74 Å². The average Bonchev–Trinajstić information content (AvgIpc) is 2.34. The van der Waals surface area contributed by atoms with E-state index < -0.39 is 0 Å². The molecule has 2 atom stereocenters. The van der Waals surface area contributed by atoms with Gasteiger partial charge >= 0.3 is 0 Å². The molecule has 0 saturated carbocycles. The lowest BCUT2D eigenvalue weighted by atomic mass is 10.0. The summed E-state index contributed by atoms with van der Waals surface area (Å²) < 4.78 is 5.83. The van der Waals surface area contributed by atoms with Crippen LogP contribution in [-0.4, -0.2) is 43.8 Å². The summed E-state index contributed by atoms with van der Waals surface area (Å²) in [7, 11) is 0. The van der Waals surface area contributed by atoms with Gasteiger partial charge in [-0.3, -0.25) is 0 Å². The minimum absolute atomic E-state index is 0.474. The molecule has 0 amide bonds. The molecule has 3 nitrogen and oxygen atoms in total. The Morgan fingerprint density at radius 3 is 3.00 bits per heavy atom. The second-order valence-electron chi connectivity index (χ2n) is 5.07. The fourth-order valence-corrected chi connectivity index (χ4v) is 2.16. The SMILES string of the molecule is CCCOC1CCCN(CCC(C)CN)C1. The van der Waals surface area contributed by atoms with E-state index in [4.69, 9.17) is 10.5 Å². The third-order valence-electron chi connectivity index (χ3n) is 3.36. The summed E-state index contributed by atoms with van der Waals surface area (Å²) in [6.07, 6.45) is 5.34. The highest BCUT2D eigenvalue weighted by atomic mass is 16.5. The van der Waals surface area contributed by atoms with Crippen LogP contribution in [0, 0.1) is 5.92 Å². The van der Waals surface area contributed by atoms with Crippen LogP contribution in [0.5, 0.6) is 0 Å². The third-order valence-corrected chi connectivity index (χ3v) is 3.36. The standard InChI is InChI=1S/C13H28N2O/c1-3-9-16-13-5-4-7-15(11-13)8-6-12(2)10-14/h12-13H,3-11,14H2,1-2H3. The van der Waals surface area contributed by atoms with Crippen LogP contribution in [0.1, 0.15) is 39.5 Å². The average molecular weight is 228 g/mol. The maximum Gasteiger partial charge on any atom is 0.0702 e. The van der Waals surface area contributed by atoms with E-state index in [1.165, 1.54) is 32.4 Å². The molecule has 96 valence electrons. The number of hydrogen-bond acceptors (Lipinski definition) is 3. The summed E-state index contributed by atoms with van der Waals surface area (Å²) >= 11 is 0. The van der Waals surface area contributed by atoms with Crippen LogP contribution in [-0.2, 0) is 4.74 Å². The molecule has 2 N–H and O–H groups in total. The van der Waals surface area contributed by atoms with Crippen LogP contribution in [0.3, 0.4) is 0 Å². The van der Waals surface area contributed by atoms with Crippen molar-refractivity contribution in [1.29, 1.82) is 0 Å². The van der Waals surface area contributed by atoms with Gasteiger partial charge in [0.05, 0.1) is 6.10 Å². The zero-order valence-corrected chi connectivity index (χ0v) is 11.0. The topological polar surface area (TPSA) is 38.5 Å². The van der Waals surface area contributed by atoms with Gasteiger partial charge in [-0.25, -0.2) is 0 Å². The molecule has 3 heteroatoms. The molecular weight excluding hydrogens is 200 g/mol. The Kier molecular flexibility index (Phi) is 7.01. The molecule has 1 saturated heterocycles. The van der Waals surface area contributed by atoms with Crippen molar-refractivity contribution in [2.24, 2.45) is 11.7 Å². The van der Waals surface area contributed by atoms with E-state index in [-0.39, 0.29) is 0 Å². The minimum Gasteiger partial charge on any atom is -0.377 e. The molecule has 0 bridgehead atoms. The Labute approximate surface area is 100 Å². The van der Waals surface area contributed by atoms with Crippen LogP contribution in [0.25, 0.3) is 0 Å². The van der Waals surface area contributed by atoms with E-state index in [9.17, 15) is 0 Å². The maximum absolute atomic E-state index is 5.83. The molecule has 1 heterocycles. The summed E-state index contributed by atoms with van der Waals surface area (Å²) in [4.78, 5) is 2.54. The molecule has 2 unspecified atom stereocenters. The molecule has 1 aliphatic heterocycles. The number of hydrogen-bond donors (Lipinski definition) is 1. The lowest BCUT2D eigenvalue weighted by Gasteiger charge is -2.33. The fourth-order valence-electron chi connectivity index (χ4n) is 2.16. The van der Waals surface area contributed by atoms with Crippen molar-refractivity contribution in [2.75, 3.05) is 32.8 Å². The molecule has 1 fully saturated rings. The van der Waals surface area contributed by atoms with Crippen molar-refractivity contribution in [3.05, 3.63) is 0 Å². The van der Waals surface area contributed by atoms with Crippen LogP contribution < -0.4 is 5.73 Å². The molecule has 0 aromatic heterocycles. The van der Waals surface area contributed by atoms with E-state index in [0.717, 1.165) is 26.1 Å². The van der Waals surface area contributed by atoms with Crippen molar-refractivity contribution >= 4 is 0 Å². The number of nitrogens with two attached hydrogens (primary N) is 1. The Hall–Kier alpha value is -0.120. The van der Waals surface area contributed by atoms with Gasteiger partial charge in [-0.15, -0.1) is 0 Å². The first kappa shape index (κ1) is 13.9.